The van der Waals surface area contributed by atoms with Gasteiger partial charge in [0.25, 0.3) is 0 Å². The van der Waals surface area contributed by atoms with Gasteiger partial charge in [0.05, 0.1) is 0 Å². The van der Waals surface area contributed by atoms with Crippen LogP contribution in [0.3, 0.4) is 0 Å². The van der Waals surface area contributed by atoms with Crippen molar-refractivity contribution in [2.45, 2.75) is 52.6 Å². The van der Waals surface area contributed by atoms with E-state index in [2.05, 4.69) is 55.7 Å². The molecule has 0 aromatic heterocycles. The van der Waals surface area contributed by atoms with Crippen LogP contribution in [0.1, 0.15) is 37.8 Å². The van der Waals surface area contributed by atoms with E-state index in [0.29, 0.717) is 12.0 Å². The summed E-state index contributed by atoms with van der Waals surface area (Å²) in [4.78, 5) is 5.44. The SMILES string of the molecule is Cc1cccc(N2CC3CCCN3CC2C(C)C)c1C. The molecular weight excluding hydrogens is 244 g/mol. The Hall–Kier alpha value is -1.02. The van der Waals surface area contributed by atoms with Crippen molar-refractivity contribution in [2.24, 2.45) is 5.92 Å². The van der Waals surface area contributed by atoms with Crippen LogP contribution in [-0.2, 0) is 0 Å². The first kappa shape index (κ1) is 13.9. The van der Waals surface area contributed by atoms with Gasteiger partial charge in [-0.05, 0) is 56.3 Å². The average Bonchev–Trinajstić information content (AvgIpc) is 2.87. The van der Waals surface area contributed by atoms with Crippen molar-refractivity contribution >= 4 is 5.69 Å². The van der Waals surface area contributed by atoms with Crippen LogP contribution in [0, 0.1) is 19.8 Å². The summed E-state index contributed by atoms with van der Waals surface area (Å²) < 4.78 is 0. The van der Waals surface area contributed by atoms with Crippen LogP contribution >= 0.6 is 0 Å². The Morgan fingerprint density at radius 3 is 2.70 bits per heavy atom. The maximum absolute atomic E-state index is 2.73. The number of piperazine rings is 1. The molecule has 2 saturated heterocycles. The highest BCUT2D eigenvalue weighted by Gasteiger charge is 2.37. The fourth-order valence-corrected chi connectivity index (χ4v) is 3.94. The molecule has 0 N–H and O–H groups in total. The molecule has 0 radical (unpaired) electrons. The maximum Gasteiger partial charge on any atom is 0.0440 e. The standard InChI is InChI=1S/C18H28N2/c1-13(2)18-12-19-10-6-8-16(19)11-20(18)17-9-5-7-14(3)15(17)4/h5,7,9,13,16,18H,6,8,10-12H2,1-4H3. The van der Waals surface area contributed by atoms with Gasteiger partial charge in [0.15, 0.2) is 0 Å². The Labute approximate surface area is 123 Å². The Bertz CT molecular complexity index is 480. The van der Waals surface area contributed by atoms with Gasteiger partial charge < -0.3 is 4.90 Å². The lowest BCUT2D eigenvalue weighted by Gasteiger charge is -2.47. The van der Waals surface area contributed by atoms with E-state index < -0.39 is 0 Å². The van der Waals surface area contributed by atoms with E-state index in [1.54, 1.807) is 0 Å². The molecule has 0 aliphatic carbocycles. The van der Waals surface area contributed by atoms with Gasteiger partial charge in [0.2, 0.25) is 0 Å². The van der Waals surface area contributed by atoms with Gasteiger partial charge in [0.1, 0.15) is 0 Å². The number of nitrogens with zero attached hydrogens (tertiary/aromatic N) is 2. The van der Waals surface area contributed by atoms with E-state index in [0.717, 1.165) is 6.04 Å². The molecule has 2 atom stereocenters. The molecule has 0 saturated carbocycles. The highest BCUT2D eigenvalue weighted by molar-refractivity contribution is 5.57. The molecule has 0 bridgehead atoms. The molecule has 2 aliphatic heterocycles. The Morgan fingerprint density at radius 1 is 1.15 bits per heavy atom. The molecule has 20 heavy (non-hydrogen) atoms. The first-order valence-electron chi connectivity index (χ1n) is 8.15. The third kappa shape index (κ3) is 2.35. The molecule has 1 aromatic rings. The molecule has 2 heteroatoms. The summed E-state index contributed by atoms with van der Waals surface area (Å²) >= 11 is 0. The van der Waals surface area contributed by atoms with Crippen LogP contribution in [0.4, 0.5) is 5.69 Å². The van der Waals surface area contributed by atoms with Crippen molar-refractivity contribution in [3.63, 3.8) is 0 Å². The summed E-state index contributed by atoms with van der Waals surface area (Å²) in [7, 11) is 0. The zero-order valence-corrected chi connectivity index (χ0v) is 13.4. The molecule has 0 spiro atoms. The summed E-state index contributed by atoms with van der Waals surface area (Å²) in [6, 6.07) is 8.21. The third-order valence-corrected chi connectivity index (χ3v) is 5.38. The van der Waals surface area contributed by atoms with Crippen LogP contribution in [0.2, 0.25) is 0 Å². The quantitative estimate of drug-likeness (QED) is 0.811. The van der Waals surface area contributed by atoms with E-state index in [-0.39, 0.29) is 0 Å². The Balaban J connectivity index is 1.94. The van der Waals surface area contributed by atoms with E-state index >= 15 is 0 Å². The number of hydrogen-bond acceptors (Lipinski definition) is 2. The minimum absolute atomic E-state index is 0.657. The average molecular weight is 272 g/mol. The van der Waals surface area contributed by atoms with Crippen molar-refractivity contribution in [2.75, 3.05) is 24.5 Å². The molecule has 3 rings (SSSR count). The van der Waals surface area contributed by atoms with Crippen molar-refractivity contribution in [1.82, 2.24) is 4.90 Å². The number of hydrogen-bond donors (Lipinski definition) is 0. The summed E-state index contributed by atoms with van der Waals surface area (Å²) in [5.41, 5.74) is 4.35. The largest absolute Gasteiger partial charge is 0.365 e. The zero-order chi connectivity index (χ0) is 14.3. The summed E-state index contributed by atoms with van der Waals surface area (Å²) in [6.07, 6.45) is 2.77. The third-order valence-electron chi connectivity index (χ3n) is 5.38. The highest BCUT2D eigenvalue weighted by Crippen LogP contribution is 2.33. The molecule has 1 aromatic carbocycles. The van der Waals surface area contributed by atoms with E-state index in [9.17, 15) is 0 Å². The first-order valence-corrected chi connectivity index (χ1v) is 8.15. The van der Waals surface area contributed by atoms with Crippen molar-refractivity contribution in [3.05, 3.63) is 29.3 Å². The molecule has 2 unspecified atom stereocenters. The van der Waals surface area contributed by atoms with E-state index in [1.165, 1.54) is 49.3 Å². The minimum Gasteiger partial charge on any atom is -0.365 e. The fourth-order valence-electron chi connectivity index (χ4n) is 3.94. The normalized spacial score (nSPS) is 27.1. The van der Waals surface area contributed by atoms with Crippen LogP contribution < -0.4 is 4.90 Å². The molecule has 2 aliphatic rings. The first-order chi connectivity index (χ1) is 9.58. The number of aryl methyl sites for hydroxylation is 1. The lowest BCUT2D eigenvalue weighted by molar-refractivity contribution is 0.176. The molecule has 0 amide bonds. The lowest BCUT2D eigenvalue weighted by atomic mass is 9.95. The van der Waals surface area contributed by atoms with Crippen molar-refractivity contribution < 1.29 is 0 Å². The Kier molecular flexibility index (Phi) is 3.76. The molecule has 2 fully saturated rings. The fraction of sp³-hybridized carbons (Fsp3) is 0.667. The molecule has 2 heterocycles. The summed E-state index contributed by atoms with van der Waals surface area (Å²) in [5, 5.41) is 0. The lowest BCUT2D eigenvalue weighted by Crippen LogP contribution is -2.58. The second-order valence-electron chi connectivity index (χ2n) is 6.97. The number of anilines is 1. The van der Waals surface area contributed by atoms with Gasteiger partial charge in [-0.3, -0.25) is 4.90 Å². The Morgan fingerprint density at radius 2 is 1.95 bits per heavy atom. The second kappa shape index (κ2) is 5.40. The van der Waals surface area contributed by atoms with Gasteiger partial charge in [-0.1, -0.05) is 26.0 Å². The highest BCUT2D eigenvalue weighted by atomic mass is 15.3. The smallest absolute Gasteiger partial charge is 0.0440 e. The van der Waals surface area contributed by atoms with E-state index in [1.807, 2.05) is 0 Å². The predicted octanol–water partition coefficient (Wildman–Crippen LogP) is 3.61. The molecular formula is C18H28N2. The van der Waals surface area contributed by atoms with Gasteiger partial charge >= 0.3 is 0 Å². The van der Waals surface area contributed by atoms with Crippen LogP contribution in [-0.4, -0.2) is 36.6 Å². The van der Waals surface area contributed by atoms with Crippen LogP contribution in [0.5, 0.6) is 0 Å². The van der Waals surface area contributed by atoms with Gasteiger partial charge in [-0.25, -0.2) is 0 Å². The maximum atomic E-state index is 2.73. The zero-order valence-electron chi connectivity index (χ0n) is 13.4. The topological polar surface area (TPSA) is 6.48 Å². The van der Waals surface area contributed by atoms with Crippen molar-refractivity contribution in [3.8, 4) is 0 Å². The minimum atomic E-state index is 0.657. The molecule has 2 nitrogen and oxygen atoms in total. The van der Waals surface area contributed by atoms with Gasteiger partial charge in [-0.15, -0.1) is 0 Å². The monoisotopic (exact) mass is 272 g/mol. The predicted molar refractivity (Wildman–Crippen MR) is 86.5 cm³/mol. The van der Waals surface area contributed by atoms with Crippen LogP contribution in [0.25, 0.3) is 0 Å². The second-order valence-corrected chi connectivity index (χ2v) is 6.97. The van der Waals surface area contributed by atoms with Gasteiger partial charge in [0, 0.05) is 30.9 Å². The number of rotatable bonds is 2. The molecule has 110 valence electrons. The number of fused-ring (bicyclic) bond motifs is 1. The summed E-state index contributed by atoms with van der Waals surface area (Å²) in [6.45, 7) is 13.0. The summed E-state index contributed by atoms with van der Waals surface area (Å²) in [5.74, 6) is 0.705. The van der Waals surface area contributed by atoms with E-state index in [4.69, 9.17) is 0 Å². The van der Waals surface area contributed by atoms with Gasteiger partial charge in [-0.2, -0.15) is 0 Å². The van der Waals surface area contributed by atoms with Crippen molar-refractivity contribution in [1.29, 1.82) is 0 Å². The van der Waals surface area contributed by atoms with Crippen LogP contribution in [0.15, 0.2) is 18.2 Å². The number of benzene rings is 1.